The summed E-state index contributed by atoms with van der Waals surface area (Å²) in [5, 5.41) is 0. The third-order valence-corrected chi connectivity index (χ3v) is 5.45. The minimum absolute atomic E-state index is 0.0314. The van der Waals surface area contributed by atoms with Crippen molar-refractivity contribution in [3.63, 3.8) is 0 Å². The molecule has 4 rings (SSSR count). The summed E-state index contributed by atoms with van der Waals surface area (Å²) < 4.78 is 0. The fraction of sp³-hybridized carbons (Fsp3) is 0.579. The molecule has 1 amide bonds. The van der Waals surface area contributed by atoms with E-state index in [1.807, 2.05) is 18.0 Å². The van der Waals surface area contributed by atoms with Crippen molar-refractivity contribution in [2.45, 2.75) is 44.9 Å². The summed E-state index contributed by atoms with van der Waals surface area (Å²) in [5.74, 6) is 2.03. The Balaban J connectivity index is 1.48. The monoisotopic (exact) mass is 354 g/mol. The number of likely N-dealkylation sites (tertiary alicyclic amines) is 1. The smallest absolute Gasteiger partial charge is 0.257 e. The Kier molecular flexibility index (Phi) is 4.86. The number of carbonyl (C=O) groups excluding carboxylic acids is 1. The lowest BCUT2D eigenvalue weighted by molar-refractivity contribution is 0.0703. The van der Waals surface area contributed by atoms with Crippen molar-refractivity contribution in [2.75, 3.05) is 31.1 Å². The lowest BCUT2D eigenvalue weighted by atomic mass is 9.96. The number of aromatic nitrogens is 4. The van der Waals surface area contributed by atoms with Gasteiger partial charge in [0, 0.05) is 50.7 Å². The van der Waals surface area contributed by atoms with Gasteiger partial charge in [-0.3, -0.25) is 4.79 Å². The molecule has 2 aliphatic rings. The molecule has 26 heavy (non-hydrogen) atoms. The summed E-state index contributed by atoms with van der Waals surface area (Å²) in [6.45, 7) is 5.40. The molecule has 1 N–H and O–H groups in total. The third kappa shape index (κ3) is 3.43. The number of rotatable bonds is 3. The van der Waals surface area contributed by atoms with E-state index in [2.05, 4.69) is 24.8 Å². The highest BCUT2D eigenvalue weighted by Crippen LogP contribution is 2.26. The number of carbonyl (C=O) groups is 1. The SMILES string of the molecule is Cc1nc(N2CCCCC2)ncc1C(=O)N1CCC[C@@H](c2ncc[nH]2)C1. The van der Waals surface area contributed by atoms with Crippen LogP contribution in [0.25, 0.3) is 0 Å². The zero-order valence-electron chi connectivity index (χ0n) is 15.3. The summed E-state index contributed by atoms with van der Waals surface area (Å²) in [6, 6.07) is 0. The number of H-pyrrole nitrogens is 1. The molecule has 0 aliphatic carbocycles. The van der Waals surface area contributed by atoms with Gasteiger partial charge in [0.05, 0.1) is 11.3 Å². The Labute approximate surface area is 153 Å². The van der Waals surface area contributed by atoms with Crippen LogP contribution in [0.1, 0.15) is 59.9 Å². The van der Waals surface area contributed by atoms with Crippen LogP contribution in [0.2, 0.25) is 0 Å². The van der Waals surface area contributed by atoms with E-state index in [1.54, 1.807) is 12.4 Å². The van der Waals surface area contributed by atoms with Gasteiger partial charge in [0.2, 0.25) is 5.95 Å². The number of aromatic amines is 1. The Bertz CT molecular complexity index is 753. The molecule has 0 aromatic carbocycles. The molecule has 7 nitrogen and oxygen atoms in total. The minimum atomic E-state index is 0.0314. The molecule has 0 spiro atoms. The zero-order chi connectivity index (χ0) is 17.9. The van der Waals surface area contributed by atoms with Crippen LogP contribution >= 0.6 is 0 Å². The van der Waals surface area contributed by atoms with Gasteiger partial charge in [0.1, 0.15) is 5.82 Å². The molecular weight excluding hydrogens is 328 g/mol. The quantitative estimate of drug-likeness (QED) is 0.916. The van der Waals surface area contributed by atoms with Gasteiger partial charge in [0.15, 0.2) is 0 Å². The second kappa shape index (κ2) is 7.43. The number of nitrogens with one attached hydrogen (secondary N) is 1. The molecule has 0 radical (unpaired) electrons. The third-order valence-electron chi connectivity index (χ3n) is 5.45. The van der Waals surface area contributed by atoms with Crippen LogP contribution < -0.4 is 4.90 Å². The fourth-order valence-electron chi connectivity index (χ4n) is 3.97. The Morgan fingerprint density at radius 2 is 2.00 bits per heavy atom. The molecule has 2 saturated heterocycles. The van der Waals surface area contributed by atoms with Gasteiger partial charge in [-0.2, -0.15) is 0 Å². The molecule has 138 valence electrons. The van der Waals surface area contributed by atoms with E-state index in [1.165, 1.54) is 19.3 Å². The molecule has 0 saturated carbocycles. The molecule has 1 atom stereocenters. The van der Waals surface area contributed by atoms with E-state index < -0.39 is 0 Å². The number of hydrogen-bond acceptors (Lipinski definition) is 5. The Morgan fingerprint density at radius 1 is 1.15 bits per heavy atom. The lowest BCUT2D eigenvalue weighted by Gasteiger charge is -2.32. The van der Waals surface area contributed by atoms with Crippen LogP contribution in [-0.4, -0.2) is 56.9 Å². The second-order valence-electron chi connectivity index (χ2n) is 7.28. The van der Waals surface area contributed by atoms with Gasteiger partial charge >= 0.3 is 0 Å². The highest BCUT2D eigenvalue weighted by Gasteiger charge is 2.28. The van der Waals surface area contributed by atoms with Crippen LogP contribution in [0.15, 0.2) is 18.6 Å². The first-order chi connectivity index (χ1) is 12.7. The topological polar surface area (TPSA) is 78.0 Å². The number of piperidine rings is 2. The van der Waals surface area contributed by atoms with Crippen molar-refractivity contribution in [1.82, 2.24) is 24.8 Å². The van der Waals surface area contributed by atoms with Crippen molar-refractivity contribution in [2.24, 2.45) is 0 Å². The number of aryl methyl sites for hydroxylation is 1. The average Bonchev–Trinajstić information content (AvgIpc) is 3.23. The van der Waals surface area contributed by atoms with Gasteiger partial charge in [0.25, 0.3) is 5.91 Å². The molecule has 2 aliphatic heterocycles. The number of nitrogens with zero attached hydrogens (tertiary/aromatic N) is 5. The summed E-state index contributed by atoms with van der Waals surface area (Å²) in [6.07, 6.45) is 11.0. The van der Waals surface area contributed by atoms with E-state index >= 15 is 0 Å². The lowest BCUT2D eigenvalue weighted by Crippen LogP contribution is -2.40. The van der Waals surface area contributed by atoms with E-state index in [9.17, 15) is 4.79 Å². The van der Waals surface area contributed by atoms with Crippen LogP contribution in [0, 0.1) is 6.92 Å². The largest absolute Gasteiger partial charge is 0.348 e. The molecule has 0 unspecified atom stereocenters. The van der Waals surface area contributed by atoms with Gasteiger partial charge in [-0.15, -0.1) is 0 Å². The first-order valence-electron chi connectivity index (χ1n) is 9.59. The molecule has 2 fully saturated rings. The van der Waals surface area contributed by atoms with Crippen LogP contribution in [-0.2, 0) is 0 Å². The van der Waals surface area contributed by atoms with Crippen molar-refractivity contribution >= 4 is 11.9 Å². The summed E-state index contributed by atoms with van der Waals surface area (Å²) >= 11 is 0. The summed E-state index contributed by atoms with van der Waals surface area (Å²) in [4.78, 5) is 33.8. The molecule has 2 aromatic rings. The number of imidazole rings is 1. The van der Waals surface area contributed by atoms with E-state index in [-0.39, 0.29) is 11.8 Å². The van der Waals surface area contributed by atoms with Crippen LogP contribution in [0.3, 0.4) is 0 Å². The van der Waals surface area contributed by atoms with Crippen LogP contribution in [0.5, 0.6) is 0 Å². The average molecular weight is 354 g/mol. The van der Waals surface area contributed by atoms with Gasteiger partial charge in [-0.1, -0.05) is 0 Å². The molecule has 2 aromatic heterocycles. The molecule has 7 heteroatoms. The molecular formula is C19H26N6O. The Morgan fingerprint density at radius 3 is 2.73 bits per heavy atom. The second-order valence-corrected chi connectivity index (χ2v) is 7.28. The first-order valence-corrected chi connectivity index (χ1v) is 9.59. The minimum Gasteiger partial charge on any atom is -0.348 e. The fourth-order valence-corrected chi connectivity index (χ4v) is 3.97. The highest BCUT2D eigenvalue weighted by atomic mass is 16.2. The Hall–Kier alpha value is -2.44. The summed E-state index contributed by atoms with van der Waals surface area (Å²) in [7, 11) is 0. The maximum atomic E-state index is 13.0. The summed E-state index contributed by atoms with van der Waals surface area (Å²) in [5.41, 5.74) is 1.39. The number of hydrogen-bond donors (Lipinski definition) is 1. The maximum absolute atomic E-state index is 13.0. The predicted octanol–water partition coefficient (Wildman–Crippen LogP) is 2.52. The molecule has 4 heterocycles. The van der Waals surface area contributed by atoms with E-state index in [4.69, 9.17) is 0 Å². The first kappa shape index (κ1) is 17.0. The normalized spacial score (nSPS) is 21.0. The standard InChI is InChI=1S/C19H26N6O/c1-14-16(12-22-19(23-14)24-9-3-2-4-10-24)18(26)25-11-5-6-15(13-25)17-20-7-8-21-17/h7-8,12,15H,2-6,9-11,13H2,1H3,(H,20,21)/t15-/m1/s1. The molecule has 0 bridgehead atoms. The van der Waals surface area contributed by atoms with Crippen molar-refractivity contribution in [3.05, 3.63) is 35.7 Å². The van der Waals surface area contributed by atoms with Crippen molar-refractivity contribution in [3.8, 4) is 0 Å². The van der Waals surface area contributed by atoms with Crippen molar-refractivity contribution in [1.29, 1.82) is 0 Å². The predicted molar refractivity (Wildman–Crippen MR) is 99.3 cm³/mol. The van der Waals surface area contributed by atoms with Crippen LogP contribution in [0.4, 0.5) is 5.95 Å². The van der Waals surface area contributed by atoms with Gasteiger partial charge in [-0.25, -0.2) is 15.0 Å². The highest BCUT2D eigenvalue weighted by molar-refractivity contribution is 5.95. The zero-order valence-corrected chi connectivity index (χ0v) is 15.3. The van der Waals surface area contributed by atoms with E-state index in [0.29, 0.717) is 12.1 Å². The van der Waals surface area contributed by atoms with Gasteiger partial charge in [-0.05, 0) is 39.0 Å². The van der Waals surface area contributed by atoms with E-state index in [0.717, 1.165) is 49.9 Å². The van der Waals surface area contributed by atoms with Gasteiger partial charge < -0.3 is 14.8 Å². The number of anilines is 1. The van der Waals surface area contributed by atoms with Crippen molar-refractivity contribution < 1.29 is 4.79 Å². The maximum Gasteiger partial charge on any atom is 0.257 e. The number of amides is 1.